The molecule has 2 aliphatic rings. The normalized spacial score (nSPS) is 17.6. The predicted octanol–water partition coefficient (Wildman–Crippen LogP) is 2.86. The molecule has 0 atom stereocenters. The maximum absolute atomic E-state index is 12.8. The molecule has 28 heavy (non-hydrogen) atoms. The molecule has 150 valence electrons. The molecule has 1 amide bonds. The van der Waals surface area contributed by atoms with Crippen LogP contribution < -0.4 is 9.47 Å². The lowest BCUT2D eigenvalue weighted by Crippen LogP contribution is -2.40. The quantitative estimate of drug-likeness (QED) is 0.845. The third kappa shape index (κ3) is 4.14. The number of hydrogen-bond acceptors (Lipinski definition) is 5. The number of aromatic nitrogens is 2. The van der Waals surface area contributed by atoms with Crippen molar-refractivity contribution in [3.8, 4) is 22.8 Å². The van der Waals surface area contributed by atoms with Gasteiger partial charge >= 0.3 is 0 Å². The minimum absolute atomic E-state index is 0.0296. The average Bonchev–Trinajstić information content (AvgIpc) is 3.16. The van der Waals surface area contributed by atoms with Crippen molar-refractivity contribution in [3.05, 3.63) is 30.0 Å². The number of fused-ring (bicyclic) bond motifs is 1. The van der Waals surface area contributed by atoms with Gasteiger partial charge in [0.1, 0.15) is 18.9 Å². The minimum Gasteiger partial charge on any atom is -0.486 e. The van der Waals surface area contributed by atoms with Crippen molar-refractivity contribution in [2.24, 2.45) is 5.92 Å². The topological polar surface area (TPSA) is 87.7 Å². The Kier molecular flexibility index (Phi) is 5.02. The smallest absolute Gasteiger partial charge is 0.271 e. The van der Waals surface area contributed by atoms with Crippen LogP contribution in [0.15, 0.2) is 24.3 Å². The third-order valence-corrected chi connectivity index (χ3v) is 5.34. The van der Waals surface area contributed by atoms with E-state index in [4.69, 9.17) is 9.47 Å². The highest BCUT2D eigenvalue weighted by molar-refractivity contribution is 5.93. The van der Waals surface area contributed by atoms with Crippen molar-refractivity contribution in [2.45, 2.75) is 38.7 Å². The summed E-state index contributed by atoms with van der Waals surface area (Å²) in [6.45, 7) is 6.18. The number of ether oxygens (including phenoxy) is 2. The number of carbonyl (C=O) groups is 1. The highest BCUT2D eigenvalue weighted by Gasteiger charge is 2.28. The zero-order valence-electron chi connectivity index (χ0n) is 16.4. The van der Waals surface area contributed by atoms with Crippen molar-refractivity contribution in [2.75, 3.05) is 26.3 Å². The molecule has 0 bridgehead atoms. The molecule has 0 radical (unpaired) electrons. The first-order chi connectivity index (χ1) is 13.4. The van der Waals surface area contributed by atoms with Gasteiger partial charge in [-0.05, 0) is 63.3 Å². The van der Waals surface area contributed by atoms with E-state index in [1.165, 1.54) is 0 Å². The Morgan fingerprint density at radius 3 is 2.64 bits per heavy atom. The van der Waals surface area contributed by atoms with Gasteiger partial charge in [-0.3, -0.25) is 9.89 Å². The summed E-state index contributed by atoms with van der Waals surface area (Å²) in [5.41, 5.74) is 1.42. The molecule has 0 saturated carbocycles. The number of aliphatic hydroxyl groups is 1. The molecule has 1 aromatic heterocycles. The monoisotopic (exact) mass is 385 g/mol. The van der Waals surface area contributed by atoms with E-state index in [0.717, 1.165) is 30.6 Å². The van der Waals surface area contributed by atoms with Crippen LogP contribution in [0.1, 0.15) is 43.6 Å². The molecule has 4 rings (SSSR count). The molecule has 7 heteroatoms. The van der Waals surface area contributed by atoms with Gasteiger partial charge in [0.15, 0.2) is 11.5 Å². The fraction of sp³-hybridized carbons (Fsp3) is 0.524. The Morgan fingerprint density at radius 2 is 1.93 bits per heavy atom. The lowest BCUT2D eigenvalue weighted by Gasteiger charge is -2.34. The molecular formula is C21H27N3O4. The first-order valence-electron chi connectivity index (χ1n) is 9.86. The molecule has 2 aromatic rings. The number of nitrogens with one attached hydrogen (secondary N) is 1. The Hall–Kier alpha value is -2.54. The molecule has 3 heterocycles. The molecule has 0 spiro atoms. The number of benzene rings is 1. The fourth-order valence-electron chi connectivity index (χ4n) is 4.00. The van der Waals surface area contributed by atoms with Gasteiger partial charge in [0.25, 0.3) is 5.91 Å². The molecule has 7 nitrogen and oxygen atoms in total. The van der Waals surface area contributed by atoms with Gasteiger partial charge < -0.3 is 19.5 Å². The summed E-state index contributed by atoms with van der Waals surface area (Å²) >= 11 is 0. The van der Waals surface area contributed by atoms with Crippen LogP contribution in [-0.4, -0.2) is 58.0 Å². The second-order valence-electron chi connectivity index (χ2n) is 8.28. The SMILES string of the molecule is CC(C)(O)CC1CCN(C(=O)c2cc(-c3ccc4c(c3)OCCO4)n[nH]2)CC1. The Labute approximate surface area is 164 Å². The van der Waals surface area contributed by atoms with Gasteiger partial charge in [-0.1, -0.05) is 0 Å². The third-order valence-electron chi connectivity index (χ3n) is 5.34. The first kappa shape index (κ1) is 18.8. The molecule has 2 N–H and O–H groups in total. The summed E-state index contributed by atoms with van der Waals surface area (Å²) < 4.78 is 11.2. The molecule has 1 saturated heterocycles. The number of rotatable bonds is 4. The first-order valence-corrected chi connectivity index (χ1v) is 9.86. The number of nitrogens with zero attached hydrogens (tertiary/aromatic N) is 2. The maximum Gasteiger partial charge on any atom is 0.271 e. The van der Waals surface area contributed by atoms with E-state index in [0.29, 0.717) is 49.4 Å². The number of H-pyrrole nitrogens is 1. The number of carbonyl (C=O) groups excluding carboxylic acids is 1. The molecule has 1 aromatic carbocycles. The van der Waals surface area contributed by atoms with Crippen LogP contribution in [0.3, 0.4) is 0 Å². The van der Waals surface area contributed by atoms with E-state index in [2.05, 4.69) is 10.2 Å². The summed E-state index contributed by atoms with van der Waals surface area (Å²) in [5.74, 6) is 1.86. The van der Waals surface area contributed by atoms with E-state index < -0.39 is 5.60 Å². The summed E-state index contributed by atoms with van der Waals surface area (Å²) in [5, 5.41) is 17.2. The van der Waals surface area contributed by atoms with Crippen LogP contribution in [0.4, 0.5) is 0 Å². The van der Waals surface area contributed by atoms with E-state index in [-0.39, 0.29) is 5.91 Å². The van der Waals surface area contributed by atoms with E-state index >= 15 is 0 Å². The summed E-state index contributed by atoms with van der Waals surface area (Å²) in [6, 6.07) is 7.46. The van der Waals surface area contributed by atoms with Gasteiger partial charge in [-0.25, -0.2) is 0 Å². The number of hydrogen-bond donors (Lipinski definition) is 2. The van der Waals surface area contributed by atoms with Gasteiger partial charge in [0.2, 0.25) is 0 Å². The van der Waals surface area contributed by atoms with Crippen molar-refractivity contribution < 1.29 is 19.4 Å². The molecule has 0 unspecified atom stereocenters. The molecule has 2 aliphatic heterocycles. The van der Waals surface area contributed by atoms with Crippen LogP contribution in [0.5, 0.6) is 11.5 Å². The van der Waals surface area contributed by atoms with Crippen molar-refractivity contribution in [1.82, 2.24) is 15.1 Å². The Balaban J connectivity index is 1.41. The number of amides is 1. The van der Waals surface area contributed by atoms with E-state index in [9.17, 15) is 9.90 Å². The largest absolute Gasteiger partial charge is 0.486 e. The second kappa shape index (κ2) is 7.47. The highest BCUT2D eigenvalue weighted by Crippen LogP contribution is 2.34. The van der Waals surface area contributed by atoms with E-state index in [1.807, 2.05) is 36.9 Å². The van der Waals surface area contributed by atoms with Gasteiger partial charge in [0.05, 0.1) is 11.3 Å². The molecular weight excluding hydrogens is 358 g/mol. The van der Waals surface area contributed by atoms with Gasteiger partial charge in [-0.15, -0.1) is 0 Å². The standard InChI is InChI=1S/C21H27N3O4/c1-21(2,26)13-14-5-7-24(8-6-14)20(25)17-12-16(22-23-17)15-3-4-18-19(11-15)28-10-9-27-18/h3-4,11-12,14,26H,5-10,13H2,1-2H3,(H,22,23). The van der Waals surface area contributed by atoms with Crippen LogP contribution in [-0.2, 0) is 0 Å². The Morgan fingerprint density at radius 1 is 1.21 bits per heavy atom. The number of piperidine rings is 1. The van der Waals surface area contributed by atoms with Crippen LogP contribution >= 0.6 is 0 Å². The molecule has 1 fully saturated rings. The van der Waals surface area contributed by atoms with Crippen molar-refractivity contribution in [1.29, 1.82) is 0 Å². The van der Waals surface area contributed by atoms with Crippen molar-refractivity contribution >= 4 is 5.91 Å². The highest BCUT2D eigenvalue weighted by atomic mass is 16.6. The van der Waals surface area contributed by atoms with Crippen molar-refractivity contribution in [3.63, 3.8) is 0 Å². The Bertz CT molecular complexity index is 848. The lowest BCUT2D eigenvalue weighted by atomic mass is 9.86. The zero-order valence-corrected chi connectivity index (χ0v) is 16.4. The van der Waals surface area contributed by atoms with Crippen LogP contribution in [0, 0.1) is 5.92 Å². The van der Waals surface area contributed by atoms with E-state index in [1.54, 1.807) is 6.07 Å². The van der Waals surface area contributed by atoms with Gasteiger partial charge in [-0.2, -0.15) is 5.10 Å². The minimum atomic E-state index is -0.654. The summed E-state index contributed by atoms with van der Waals surface area (Å²) in [6.07, 6.45) is 2.60. The molecule has 0 aliphatic carbocycles. The summed E-state index contributed by atoms with van der Waals surface area (Å²) in [4.78, 5) is 14.7. The predicted molar refractivity (Wildman–Crippen MR) is 105 cm³/mol. The van der Waals surface area contributed by atoms with Gasteiger partial charge in [0, 0.05) is 18.7 Å². The van der Waals surface area contributed by atoms with Crippen LogP contribution in [0.25, 0.3) is 11.3 Å². The second-order valence-corrected chi connectivity index (χ2v) is 8.28. The number of likely N-dealkylation sites (tertiary alicyclic amines) is 1. The number of aromatic amines is 1. The lowest BCUT2D eigenvalue weighted by molar-refractivity contribution is 0.0357. The fourth-order valence-corrected chi connectivity index (χ4v) is 4.00. The van der Waals surface area contributed by atoms with Crippen LogP contribution in [0.2, 0.25) is 0 Å². The maximum atomic E-state index is 12.8. The zero-order chi connectivity index (χ0) is 19.7. The average molecular weight is 385 g/mol. The summed E-state index contributed by atoms with van der Waals surface area (Å²) in [7, 11) is 0.